The Morgan fingerprint density at radius 3 is 2.15 bits per heavy atom. The topological polar surface area (TPSA) is 84.5 Å². The fraction of sp³-hybridized carbons (Fsp3) is 0.296. The molecule has 0 aromatic heterocycles. The largest absolute Gasteiger partial charge is 0.484 e. The van der Waals surface area contributed by atoms with Gasteiger partial charge < -0.3 is 10.1 Å². The van der Waals surface area contributed by atoms with Crippen LogP contribution in [0.4, 0.5) is 5.69 Å². The molecule has 2 N–H and O–H groups in total. The minimum atomic E-state index is -3.74. The van der Waals surface area contributed by atoms with Crippen molar-refractivity contribution in [2.45, 2.75) is 52.5 Å². The maximum Gasteiger partial charge on any atom is 0.261 e. The summed E-state index contributed by atoms with van der Waals surface area (Å²) in [6.45, 7) is 11.6. The molecule has 34 heavy (non-hydrogen) atoms. The molecule has 0 saturated carbocycles. The molecule has 6 nitrogen and oxygen atoms in total. The van der Waals surface area contributed by atoms with Crippen LogP contribution in [-0.4, -0.2) is 20.9 Å². The van der Waals surface area contributed by atoms with Crippen molar-refractivity contribution in [2.75, 3.05) is 11.3 Å². The van der Waals surface area contributed by atoms with Gasteiger partial charge in [-0.15, -0.1) is 0 Å². The van der Waals surface area contributed by atoms with Gasteiger partial charge in [-0.05, 0) is 99.7 Å². The smallest absolute Gasteiger partial charge is 0.261 e. The van der Waals surface area contributed by atoms with Crippen LogP contribution in [0.15, 0.2) is 59.5 Å². The van der Waals surface area contributed by atoms with Gasteiger partial charge in [-0.3, -0.25) is 9.52 Å². The molecule has 0 fully saturated rings. The molecule has 0 heterocycles. The van der Waals surface area contributed by atoms with E-state index in [0.29, 0.717) is 17.0 Å². The quantitative estimate of drug-likeness (QED) is 0.459. The minimum Gasteiger partial charge on any atom is -0.484 e. The Morgan fingerprint density at radius 2 is 1.50 bits per heavy atom. The van der Waals surface area contributed by atoms with Crippen molar-refractivity contribution in [2.24, 2.45) is 0 Å². The first-order chi connectivity index (χ1) is 16.0. The lowest BCUT2D eigenvalue weighted by Crippen LogP contribution is -2.31. The summed E-state index contributed by atoms with van der Waals surface area (Å²) in [6, 6.07) is 15.8. The molecule has 7 heteroatoms. The molecule has 0 radical (unpaired) electrons. The van der Waals surface area contributed by atoms with Gasteiger partial charge in [0.2, 0.25) is 0 Å². The minimum absolute atomic E-state index is 0.126. The van der Waals surface area contributed by atoms with E-state index in [4.69, 9.17) is 4.74 Å². The summed E-state index contributed by atoms with van der Waals surface area (Å²) in [5.41, 5.74) is 6.76. The highest BCUT2D eigenvalue weighted by molar-refractivity contribution is 7.92. The van der Waals surface area contributed by atoms with Gasteiger partial charge in [0.1, 0.15) is 5.75 Å². The summed E-state index contributed by atoms with van der Waals surface area (Å²) >= 11 is 0. The molecule has 1 amide bonds. The van der Waals surface area contributed by atoms with E-state index in [9.17, 15) is 13.2 Å². The average molecular weight is 481 g/mol. The molecule has 0 unspecified atom stereocenters. The molecule has 0 saturated heterocycles. The molecule has 0 aliphatic heterocycles. The van der Waals surface area contributed by atoms with Crippen LogP contribution in [0.3, 0.4) is 0 Å². The van der Waals surface area contributed by atoms with Crippen LogP contribution < -0.4 is 14.8 Å². The van der Waals surface area contributed by atoms with Crippen molar-refractivity contribution in [3.8, 4) is 5.75 Å². The highest BCUT2D eigenvalue weighted by Gasteiger charge is 2.17. The Balaban J connectivity index is 1.62. The highest BCUT2D eigenvalue weighted by atomic mass is 32.2. The van der Waals surface area contributed by atoms with Crippen molar-refractivity contribution >= 4 is 21.6 Å². The van der Waals surface area contributed by atoms with Crippen LogP contribution in [0.5, 0.6) is 5.75 Å². The second-order valence-corrected chi connectivity index (χ2v) is 10.5. The van der Waals surface area contributed by atoms with Gasteiger partial charge in [0.15, 0.2) is 6.61 Å². The number of benzene rings is 3. The van der Waals surface area contributed by atoms with E-state index >= 15 is 0 Å². The summed E-state index contributed by atoms with van der Waals surface area (Å²) in [4.78, 5) is 12.6. The normalized spacial score (nSPS) is 12.2. The first-order valence-electron chi connectivity index (χ1n) is 11.2. The molecule has 3 rings (SSSR count). The second-order valence-electron chi connectivity index (χ2n) is 8.77. The fourth-order valence-electron chi connectivity index (χ4n) is 3.74. The number of ether oxygens (including phenoxy) is 1. The van der Waals surface area contributed by atoms with Crippen LogP contribution in [0.25, 0.3) is 0 Å². The van der Waals surface area contributed by atoms with Crippen LogP contribution >= 0.6 is 0 Å². The molecule has 0 aliphatic carbocycles. The Hall–Kier alpha value is -3.32. The fourth-order valence-corrected chi connectivity index (χ4v) is 4.88. The van der Waals surface area contributed by atoms with Gasteiger partial charge in [0.05, 0.1) is 10.9 Å². The summed E-state index contributed by atoms with van der Waals surface area (Å²) in [7, 11) is -3.74. The predicted molar refractivity (Wildman–Crippen MR) is 136 cm³/mol. The molecule has 180 valence electrons. The number of amides is 1. The van der Waals surface area contributed by atoms with Crippen molar-refractivity contribution in [1.82, 2.24) is 5.32 Å². The molecular formula is C27H32N2O4S. The lowest BCUT2D eigenvalue weighted by molar-refractivity contribution is -0.123. The number of nitrogens with one attached hydrogen (secondary N) is 2. The van der Waals surface area contributed by atoms with Crippen LogP contribution in [0.2, 0.25) is 0 Å². The maximum absolute atomic E-state index is 12.7. The summed E-state index contributed by atoms with van der Waals surface area (Å²) in [6.07, 6.45) is 0. The molecule has 0 bridgehead atoms. The highest BCUT2D eigenvalue weighted by Crippen LogP contribution is 2.24. The van der Waals surface area contributed by atoms with Gasteiger partial charge in [-0.1, -0.05) is 29.8 Å². The van der Waals surface area contributed by atoms with Gasteiger partial charge in [0, 0.05) is 5.69 Å². The number of carbonyl (C=O) groups is 1. The number of anilines is 1. The average Bonchev–Trinajstić information content (AvgIpc) is 2.76. The number of aryl methyl sites for hydroxylation is 5. The third-order valence-electron chi connectivity index (χ3n) is 5.85. The van der Waals surface area contributed by atoms with E-state index in [2.05, 4.69) is 36.0 Å². The Kier molecular flexibility index (Phi) is 7.67. The van der Waals surface area contributed by atoms with E-state index in [1.54, 1.807) is 25.1 Å². The van der Waals surface area contributed by atoms with E-state index < -0.39 is 10.0 Å². The predicted octanol–water partition coefficient (Wildman–Crippen LogP) is 5.29. The number of sulfonamides is 1. The lowest BCUT2D eigenvalue weighted by atomic mass is 9.96. The molecule has 1 atom stereocenters. The SMILES string of the molecule is Cc1ccc(NS(=O)(=O)c2ccc(OCC(=O)N[C@@H](C)c3cc(C)c(C)cc3C)c(C)c2)cc1. The second kappa shape index (κ2) is 10.3. The van der Waals surface area contributed by atoms with E-state index in [1.807, 2.05) is 32.9 Å². The van der Waals surface area contributed by atoms with Crippen LogP contribution in [-0.2, 0) is 14.8 Å². The summed E-state index contributed by atoms with van der Waals surface area (Å²) in [5.74, 6) is 0.210. The zero-order valence-corrected chi connectivity index (χ0v) is 21.3. The molecular weight excluding hydrogens is 448 g/mol. The first kappa shape index (κ1) is 25.3. The zero-order chi connectivity index (χ0) is 25.0. The molecule has 0 spiro atoms. The number of rotatable bonds is 8. The van der Waals surface area contributed by atoms with Crippen molar-refractivity contribution in [3.63, 3.8) is 0 Å². The lowest BCUT2D eigenvalue weighted by Gasteiger charge is -2.19. The monoisotopic (exact) mass is 480 g/mol. The third-order valence-corrected chi connectivity index (χ3v) is 7.22. The van der Waals surface area contributed by atoms with Crippen molar-refractivity contribution in [1.29, 1.82) is 0 Å². The number of hydrogen-bond donors (Lipinski definition) is 2. The van der Waals surface area contributed by atoms with Crippen LogP contribution in [0.1, 0.15) is 46.3 Å². The van der Waals surface area contributed by atoms with Gasteiger partial charge in [-0.2, -0.15) is 0 Å². The maximum atomic E-state index is 12.7. The molecule has 3 aromatic rings. The number of hydrogen-bond acceptors (Lipinski definition) is 4. The molecule has 0 aliphatic rings. The Morgan fingerprint density at radius 1 is 0.853 bits per heavy atom. The summed E-state index contributed by atoms with van der Waals surface area (Å²) < 4.78 is 33.7. The van der Waals surface area contributed by atoms with Gasteiger partial charge in [-0.25, -0.2) is 8.42 Å². The number of carbonyl (C=O) groups excluding carboxylic acids is 1. The van der Waals surface area contributed by atoms with Crippen molar-refractivity contribution in [3.05, 3.63) is 88.0 Å². The zero-order valence-electron chi connectivity index (χ0n) is 20.5. The van der Waals surface area contributed by atoms with Gasteiger partial charge in [0.25, 0.3) is 15.9 Å². The third kappa shape index (κ3) is 6.17. The van der Waals surface area contributed by atoms with E-state index in [0.717, 1.165) is 16.7 Å². The molecule has 3 aromatic carbocycles. The van der Waals surface area contributed by atoms with Crippen LogP contribution in [0, 0.1) is 34.6 Å². The summed E-state index contributed by atoms with van der Waals surface area (Å²) in [5, 5.41) is 2.97. The standard InChI is InChI=1S/C27H32N2O4S/c1-17-7-9-23(10-8-17)29-34(31,32)24-11-12-26(21(5)14-24)33-16-27(30)28-22(6)25-15-19(3)18(2)13-20(25)4/h7-15,22,29H,16H2,1-6H3,(H,28,30)/t22-/m0/s1. The van der Waals surface area contributed by atoms with E-state index in [1.165, 1.54) is 23.3 Å². The van der Waals surface area contributed by atoms with Crippen molar-refractivity contribution < 1.29 is 17.9 Å². The van der Waals surface area contributed by atoms with Gasteiger partial charge >= 0.3 is 0 Å². The van der Waals surface area contributed by atoms with E-state index in [-0.39, 0.29) is 23.5 Å². The Labute approximate surface area is 202 Å². The Bertz CT molecular complexity index is 1300. The first-order valence-corrected chi connectivity index (χ1v) is 12.6.